The van der Waals surface area contributed by atoms with Crippen molar-refractivity contribution in [1.82, 2.24) is 10.2 Å². The largest absolute Gasteiger partial charge is 0.325 e. The molecule has 0 aliphatic carbocycles. The fraction of sp³-hybridized carbons (Fsp3) is 0.278. The summed E-state index contributed by atoms with van der Waals surface area (Å²) in [6, 6.07) is 15.2. The molecule has 1 N–H and O–H groups in total. The van der Waals surface area contributed by atoms with Crippen LogP contribution in [0, 0.1) is 17.2 Å². The average molecular weight is 307 g/mol. The third-order valence-electron chi connectivity index (χ3n) is 4.28. The van der Waals surface area contributed by atoms with Crippen LogP contribution in [0.4, 0.5) is 4.79 Å². The van der Waals surface area contributed by atoms with Crippen molar-refractivity contribution in [2.45, 2.75) is 19.4 Å². The number of benzene rings is 2. The fourth-order valence-corrected chi connectivity index (χ4v) is 2.87. The number of nitrogens with one attached hydrogen (secondary N) is 1. The molecule has 0 spiro atoms. The monoisotopic (exact) mass is 307 g/mol. The Hall–Kier alpha value is -2.87. The number of nitrogens with zero attached hydrogens (tertiary/aromatic N) is 2. The van der Waals surface area contributed by atoms with Crippen LogP contribution in [0.3, 0.4) is 0 Å². The minimum absolute atomic E-state index is 0.102. The van der Waals surface area contributed by atoms with Crippen LogP contribution in [0.2, 0.25) is 0 Å². The van der Waals surface area contributed by atoms with E-state index in [4.69, 9.17) is 5.26 Å². The number of nitriles is 1. The third-order valence-corrected chi connectivity index (χ3v) is 4.28. The number of urea groups is 1. The SMILES string of the molecule is C[C@@H](C#N)CN1C(=O)N[C@](C)(c2ccc3ccccc3c2)C1=O. The highest BCUT2D eigenvalue weighted by molar-refractivity contribution is 6.07. The summed E-state index contributed by atoms with van der Waals surface area (Å²) in [4.78, 5) is 26.1. The first-order valence-electron chi connectivity index (χ1n) is 7.48. The first-order chi connectivity index (χ1) is 11.0. The van der Waals surface area contributed by atoms with E-state index >= 15 is 0 Å². The molecule has 2 aromatic carbocycles. The summed E-state index contributed by atoms with van der Waals surface area (Å²) in [5.74, 6) is -0.719. The van der Waals surface area contributed by atoms with Gasteiger partial charge in [-0.2, -0.15) is 5.26 Å². The van der Waals surface area contributed by atoms with E-state index in [2.05, 4.69) is 11.4 Å². The Morgan fingerprint density at radius 3 is 2.61 bits per heavy atom. The van der Waals surface area contributed by atoms with Gasteiger partial charge in [0.1, 0.15) is 5.54 Å². The Kier molecular flexibility index (Phi) is 3.53. The van der Waals surface area contributed by atoms with Gasteiger partial charge in [-0.3, -0.25) is 9.69 Å². The van der Waals surface area contributed by atoms with Gasteiger partial charge in [-0.15, -0.1) is 0 Å². The molecule has 5 nitrogen and oxygen atoms in total. The average Bonchev–Trinajstić information content (AvgIpc) is 2.78. The van der Waals surface area contributed by atoms with Gasteiger partial charge in [0.2, 0.25) is 0 Å². The third kappa shape index (κ3) is 2.42. The maximum atomic E-state index is 12.8. The highest BCUT2D eigenvalue weighted by atomic mass is 16.2. The molecular formula is C18H17N3O2. The molecule has 1 fully saturated rings. The van der Waals surface area contributed by atoms with E-state index in [0.29, 0.717) is 0 Å². The quantitative estimate of drug-likeness (QED) is 0.886. The zero-order chi connectivity index (χ0) is 16.6. The second kappa shape index (κ2) is 5.40. The highest BCUT2D eigenvalue weighted by Crippen LogP contribution is 2.31. The van der Waals surface area contributed by atoms with Gasteiger partial charge in [-0.25, -0.2) is 4.79 Å². The fourth-order valence-electron chi connectivity index (χ4n) is 2.87. The number of fused-ring (bicyclic) bond motifs is 1. The van der Waals surface area contributed by atoms with Crippen LogP contribution in [0.5, 0.6) is 0 Å². The second-order valence-corrected chi connectivity index (χ2v) is 6.06. The van der Waals surface area contributed by atoms with Gasteiger partial charge in [-0.1, -0.05) is 36.4 Å². The van der Waals surface area contributed by atoms with Gasteiger partial charge in [0, 0.05) is 6.54 Å². The molecule has 3 rings (SSSR count). The van der Waals surface area contributed by atoms with Crippen LogP contribution in [-0.2, 0) is 10.3 Å². The molecule has 5 heteroatoms. The molecule has 3 amide bonds. The standard InChI is InChI=1S/C18H17N3O2/c1-12(10-19)11-21-16(22)18(2,20-17(21)23)15-8-7-13-5-3-4-6-14(13)9-15/h3-9,12H,11H2,1-2H3,(H,20,23)/t12-,18+/m0/s1. The van der Waals surface area contributed by atoms with E-state index in [9.17, 15) is 9.59 Å². The molecule has 1 heterocycles. The van der Waals surface area contributed by atoms with Crippen molar-refractivity contribution in [3.63, 3.8) is 0 Å². The van der Waals surface area contributed by atoms with Gasteiger partial charge >= 0.3 is 6.03 Å². The van der Waals surface area contributed by atoms with Crippen molar-refractivity contribution in [2.24, 2.45) is 5.92 Å². The van der Waals surface area contributed by atoms with Crippen LogP contribution in [0.15, 0.2) is 42.5 Å². The lowest BCUT2D eigenvalue weighted by atomic mass is 9.90. The lowest BCUT2D eigenvalue weighted by Crippen LogP contribution is -2.41. The van der Waals surface area contributed by atoms with Crippen molar-refractivity contribution in [1.29, 1.82) is 5.26 Å². The zero-order valence-electron chi connectivity index (χ0n) is 13.0. The molecule has 0 saturated carbocycles. The van der Waals surface area contributed by atoms with E-state index in [1.54, 1.807) is 13.8 Å². The Morgan fingerprint density at radius 1 is 1.22 bits per heavy atom. The van der Waals surface area contributed by atoms with Crippen LogP contribution in [0.1, 0.15) is 19.4 Å². The summed E-state index contributed by atoms with van der Waals surface area (Å²) in [5.41, 5.74) is -0.363. The summed E-state index contributed by atoms with van der Waals surface area (Å²) in [6.45, 7) is 3.49. The predicted octanol–water partition coefficient (Wildman–Crippen LogP) is 2.77. The minimum Gasteiger partial charge on any atom is -0.319 e. The Morgan fingerprint density at radius 2 is 1.91 bits per heavy atom. The van der Waals surface area contributed by atoms with Crippen LogP contribution in [-0.4, -0.2) is 23.4 Å². The van der Waals surface area contributed by atoms with Gasteiger partial charge in [-0.05, 0) is 36.2 Å². The molecule has 23 heavy (non-hydrogen) atoms. The number of hydrogen-bond donors (Lipinski definition) is 1. The maximum Gasteiger partial charge on any atom is 0.325 e. The van der Waals surface area contributed by atoms with Crippen molar-refractivity contribution in [3.05, 3.63) is 48.0 Å². The topological polar surface area (TPSA) is 73.2 Å². The lowest BCUT2D eigenvalue weighted by molar-refractivity contribution is -0.131. The lowest BCUT2D eigenvalue weighted by Gasteiger charge is -2.23. The molecule has 2 atom stereocenters. The molecule has 0 unspecified atom stereocenters. The number of carbonyl (C=O) groups is 2. The van der Waals surface area contributed by atoms with Gasteiger partial charge in [0.15, 0.2) is 0 Å². The second-order valence-electron chi connectivity index (χ2n) is 6.06. The molecule has 1 aliphatic heterocycles. The summed E-state index contributed by atoms with van der Waals surface area (Å²) < 4.78 is 0. The summed E-state index contributed by atoms with van der Waals surface area (Å²) in [6.07, 6.45) is 0. The molecular weight excluding hydrogens is 290 g/mol. The van der Waals surface area contributed by atoms with Crippen LogP contribution >= 0.6 is 0 Å². The molecule has 0 radical (unpaired) electrons. The first kappa shape index (κ1) is 15.0. The smallest absolute Gasteiger partial charge is 0.319 e. The number of carbonyl (C=O) groups excluding carboxylic acids is 2. The number of rotatable bonds is 3. The minimum atomic E-state index is -1.10. The van der Waals surface area contributed by atoms with Crippen molar-refractivity contribution in [2.75, 3.05) is 6.54 Å². The maximum absolute atomic E-state index is 12.8. The van der Waals surface area contributed by atoms with E-state index in [0.717, 1.165) is 21.2 Å². The summed E-state index contributed by atoms with van der Waals surface area (Å²) in [5, 5.41) is 13.8. The van der Waals surface area contributed by atoms with Crippen molar-refractivity contribution < 1.29 is 9.59 Å². The number of hydrogen-bond acceptors (Lipinski definition) is 3. The van der Waals surface area contributed by atoms with E-state index in [-0.39, 0.29) is 12.5 Å². The molecule has 0 aromatic heterocycles. The molecule has 0 bridgehead atoms. The first-order valence-corrected chi connectivity index (χ1v) is 7.48. The summed E-state index contributed by atoms with van der Waals surface area (Å²) in [7, 11) is 0. The Balaban J connectivity index is 1.99. The van der Waals surface area contributed by atoms with E-state index < -0.39 is 17.5 Å². The van der Waals surface area contributed by atoms with Crippen LogP contribution in [0.25, 0.3) is 10.8 Å². The number of imide groups is 1. The van der Waals surface area contributed by atoms with Crippen LogP contribution < -0.4 is 5.32 Å². The van der Waals surface area contributed by atoms with Gasteiger partial charge < -0.3 is 5.32 Å². The van der Waals surface area contributed by atoms with E-state index in [1.165, 1.54) is 0 Å². The van der Waals surface area contributed by atoms with E-state index in [1.807, 2.05) is 42.5 Å². The van der Waals surface area contributed by atoms with Crippen molar-refractivity contribution in [3.8, 4) is 6.07 Å². The predicted molar refractivity (Wildman–Crippen MR) is 86.3 cm³/mol. The molecule has 1 aliphatic rings. The highest BCUT2D eigenvalue weighted by Gasteiger charge is 2.49. The number of amides is 3. The summed E-state index contributed by atoms with van der Waals surface area (Å²) >= 11 is 0. The zero-order valence-corrected chi connectivity index (χ0v) is 13.0. The normalized spacial score (nSPS) is 22.0. The molecule has 116 valence electrons. The molecule has 1 saturated heterocycles. The molecule has 2 aromatic rings. The van der Waals surface area contributed by atoms with Gasteiger partial charge in [0.05, 0.1) is 12.0 Å². The Labute approximate surface area is 134 Å². The van der Waals surface area contributed by atoms with Gasteiger partial charge in [0.25, 0.3) is 5.91 Å². The Bertz CT molecular complexity index is 840. The van der Waals surface area contributed by atoms with Crippen molar-refractivity contribution >= 4 is 22.7 Å².